The topological polar surface area (TPSA) is 302 Å². The lowest BCUT2D eigenvalue weighted by Gasteiger charge is -2.22. The minimum atomic E-state index is -0.598. The van der Waals surface area contributed by atoms with Gasteiger partial charge in [-0.3, -0.25) is 39.3 Å². The Kier molecular flexibility index (Phi) is 18.8. The molecule has 6 heterocycles. The minimum absolute atomic E-state index is 0. The largest absolute Gasteiger partial charge is 0.495 e. The molecule has 0 bridgehead atoms. The average Bonchev–Trinajstić information content (AvgIpc) is 3.03. The fraction of sp³-hybridized carbons (Fsp3) is 0.314. The molecule has 6 aromatic heterocycles. The molecule has 20 nitrogen and oxygen atoms in total. The molecule has 0 aromatic carbocycles. The third kappa shape index (κ3) is 15.6. The van der Waals surface area contributed by atoms with Crippen LogP contribution in [0.15, 0.2) is 46.4 Å². The Hall–Kier alpha value is -7.26. The second-order valence-electron chi connectivity index (χ2n) is 11.7. The normalized spacial score (nSPS) is 9.91. The maximum Gasteiger partial charge on any atom is 0.310 e. The van der Waals surface area contributed by atoms with E-state index in [4.69, 9.17) is 16.2 Å². The predicted molar refractivity (Wildman–Crippen MR) is 213 cm³/mol. The summed E-state index contributed by atoms with van der Waals surface area (Å²) in [4.78, 5) is 85.0. The Bertz CT molecular complexity index is 2440. The number of ether oxygens (including phenoxy) is 2. The predicted octanol–water partition coefficient (Wildman–Crippen LogP) is 4.29. The van der Waals surface area contributed by atoms with Gasteiger partial charge in [0.25, 0.3) is 11.1 Å². The first kappa shape index (κ1) is 49.7. The molecular weight excluding hydrogens is 752 g/mol. The van der Waals surface area contributed by atoms with E-state index < -0.39 is 34.7 Å². The number of nitrogens with two attached hydrogens (primary N) is 2. The molecule has 1 amide bonds. The molecule has 22 heteroatoms. The Labute approximate surface area is 325 Å². The van der Waals surface area contributed by atoms with E-state index in [9.17, 15) is 32.8 Å². The number of H-pyrrole nitrogens is 2. The lowest BCUT2D eigenvalue weighted by molar-refractivity contribution is -0.156. The van der Waals surface area contributed by atoms with Crippen LogP contribution < -0.4 is 38.0 Å². The standard InChI is InChI=1S/C12H17N5O.C9H7FN4O2.C7H5FN4O.C4H6O3.3CH4/c1-12(2,3)17-10-9-8(15-11(13)16-10)5-7(18-4)6-14-9;1-4(15)12-9-13-6-2-5(10)3-11-7(6)8(16)14-9;8-3-1-4-5(10-2-3)6(13)12-7(9)11-4;1-3(5)7-4(2)6;;;/h5-6H,1-4H3,(H3,13,15,16,17);2-3H,1H3,(H2,12,13,14,15,16);1-2H,(H3,9,11,12,13);1-2H3;3*1H4. The van der Waals surface area contributed by atoms with Crippen LogP contribution in [0.2, 0.25) is 0 Å². The molecule has 0 saturated carbocycles. The molecule has 6 rings (SSSR count). The second kappa shape index (κ2) is 21.6. The second-order valence-corrected chi connectivity index (χ2v) is 11.7. The summed E-state index contributed by atoms with van der Waals surface area (Å²) in [5, 5.41) is 5.57. The molecule has 0 unspecified atom stereocenters. The molecule has 0 aliphatic carbocycles. The van der Waals surface area contributed by atoms with Crippen LogP contribution >= 0.6 is 0 Å². The summed E-state index contributed by atoms with van der Waals surface area (Å²) >= 11 is 0. The molecule has 57 heavy (non-hydrogen) atoms. The van der Waals surface area contributed by atoms with Crippen molar-refractivity contribution in [2.24, 2.45) is 0 Å². The van der Waals surface area contributed by atoms with Crippen molar-refractivity contribution in [1.29, 1.82) is 0 Å². The number of carbonyl (C=O) groups excluding carboxylic acids is 3. The summed E-state index contributed by atoms with van der Waals surface area (Å²) in [6, 6.07) is 3.96. The van der Waals surface area contributed by atoms with Gasteiger partial charge in [0.05, 0.1) is 25.7 Å². The molecule has 0 radical (unpaired) electrons. The maximum absolute atomic E-state index is 12.9. The molecule has 0 atom stereocenters. The highest BCUT2D eigenvalue weighted by atomic mass is 19.1. The van der Waals surface area contributed by atoms with Crippen molar-refractivity contribution in [3.8, 4) is 5.75 Å². The van der Waals surface area contributed by atoms with Crippen molar-refractivity contribution in [3.63, 3.8) is 0 Å². The summed E-state index contributed by atoms with van der Waals surface area (Å²) in [5.41, 5.74) is 11.5. The van der Waals surface area contributed by atoms with E-state index in [-0.39, 0.29) is 73.6 Å². The number of hydrogen-bond acceptors (Lipinski definition) is 17. The number of aromatic amines is 2. The first-order valence-electron chi connectivity index (χ1n) is 15.3. The van der Waals surface area contributed by atoms with E-state index in [0.29, 0.717) is 22.6 Å². The number of rotatable bonds is 3. The minimum Gasteiger partial charge on any atom is -0.495 e. The van der Waals surface area contributed by atoms with Gasteiger partial charge in [0.2, 0.25) is 23.8 Å². The molecule has 0 spiro atoms. The molecule has 8 N–H and O–H groups in total. The van der Waals surface area contributed by atoms with Crippen LogP contribution in [0.3, 0.4) is 0 Å². The smallest absolute Gasteiger partial charge is 0.310 e. The zero-order chi connectivity index (χ0) is 40.3. The molecule has 6 aromatic rings. The molecule has 308 valence electrons. The Morgan fingerprint density at radius 1 is 0.719 bits per heavy atom. The number of nitrogens with one attached hydrogen (secondary N) is 4. The highest BCUT2D eigenvalue weighted by molar-refractivity contribution is 5.88. The highest BCUT2D eigenvalue weighted by Gasteiger charge is 2.15. The Morgan fingerprint density at radius 2 is 1.21 bits per heavy atom. The van der Waals surface area contributed by atoms with Crippen LogP contribution in [-0.2, 0) is 19.1 Å². The monoisotopic (exact) mass is 799 g/mol. The zero-order valence-corrected chi connectivity index (χ0v) is 29.9. The van der Waals surface area contributed by atoms with Gasteiger partial charge < -0.3 is 26.3 Å². The van der Waals surface area contributed by atoms with E-state index in [0.717, 1.165) is 24.5 Å². The van der Waals surface area contributed by atoms with Gasteiger partial charge in [-0.05, 0) is 20.8 Å². The van der Waals surface area contributed by atoms with Gasteiger partial charge in [-0.1, -0.05) is 22.3 Å². The summed E-state index contributed by atoms with van der Waals surface area (Å²) in [5.74, 6) is -1.25. The number of methoxy groups -OCH3 is 1. The van der Waals surface area contributed by atoms with Crippen LogP contribution in [0.5, 0.6) is 5.75 Å². The van der Waals surface area contributed by atoms with Crippen molar-refractivity contribution in [1.82, 2.24) is 44.9 Å². The average molecular weight is 800 g/mol. The van der Waals surface area contributed by atoms with Gasteiger partial charge in [-0.25, -0.2) is 38.7 Å². The van der Waals surface area contributed by atoms with E-state index in [1.54, 1.807) is 19.4 Å². The van der Waals surface area contributed by atoms with Gasteiger partial charge >= 0.3 is 11.9 Å². The van der Waals surface area contributed by atoms with Crippen molar-refractivity contribution in [2.45, 2.75) is 69.4 Å². The van der Waals surface area contributed by atoms with Crippen LogP contribution in [-0.4, -0.2) is 75.4 Å². The number of nitrogens with zero attached hydrogens (tertiary/aromatic N) is 7. The van der Waals surface area contributed by atoms with Crippen LogP contribution in [0, 0.1) is 11.6 Å². The van der Waals surface area contributed by atoms with Gasteiger partial charge in [0.1, 0.15) is 39.5 Å². The van der Waals surface area contributed by atoms with Crippen LogP contribution in [0.4, 0.5) is 32.4 Å². The summed E-state index contributed by atoms with van der Waals surface area (Å²) < 4.78 is 34.6. The number of amides is 1. The third-order valence-electron chi connectivity index (χ3n) is 5.88. The molecule has 0 aliphatic rings. The van der Waals surface area contributed by atoms with Crippen molar-refractivity contribution < 1.29 is 32.6 Å². The third-order valence-corrected chi connectivity index (χ3v) is 5.88. The molecule has 0 saturated heterocycles. The first-order chi connectivity index (χ1) is 25.2. The quantitative estimate of drug-likeness (QED) is 0.107. The lowest BCUT2D eigenvalue weighted by Crippen LogP contribution is -2.27. The summed E-state index contributed by atoms with van der Waals surface area (Å²) in [7, 11) is 1.59. The van der Waals surface area contributed by atoms with Crippen LogP contribution in [0.1, 0.15) is 63.8 Å². The van der Waals surface area contributed by atoms with Gasteiger partial charge in [0, 0.05) is 44.5 Å². The Morgan fingerprint density at radius 3 is 1.68 bits per heavy atom. The van der Waals surface area contributed by atoms with Crippen molar-refractivity contribution in [3.05, 3.63) is 69.1 Å². The van der Waals surface area contributed by atoms with Crippen molar-refractivity contribution in [2.75, 3.05) is 29.2 Å². The fourth-order valence-corrected chi connectivity index (χ4v) is 4.03. The van der Waals surface area contributed by atoms with Crippen LogP contribution in [0.25, 0.3) is 33.1 Å². The number of carbonyl (C=O) groups is 3. The molecule has 0 fully saturated rings. The number of esters is 2. The number of nitrogen functional groups attached to an aromatic ring is 2. The lowest BCUT2D eigenvalue weighted by atomic mass is 10.1. The molecular formula is C35H47F2N13O7. The zero-order valence-electron chi connectivity index (χ0n) is 29.9. The van der Waals surface area contributed by atoms with Gasteiger partial charge in [-0.15, -0.1) is 0 Å². The number of halogens is 2. The summed E-state index contributed by atoms with van der Waals surface area (Å²) in [6.07, 6.45) is 3.52. The number of pyridine rings is 3. The van der Waals surface area contributed by atoms with E-state index >= 15 is 0 Å². The number of fused-ring (bicyclic) bond motifs is 3. The first-order valence-corrected chi connectivity index (χ1v) is 15.3. The number of anilines is 4. The van der Waals surface area contributed by atoms with E-state index in [2.05, 4.69) is 60.2 Å². The van der Waals surface area contributed by atoms with E-state index in [1.165, 1.54) is 20.8 Å². The number of hydrogen-bond donors (Lipinski definition) is 6. The van der Waals surface area contributed by atoms with Gasteiger partial charge in [0.15, 0.2) is 16.9 Å². The van der Waals surface area contributed by atoms with Crippen molar-refractivity contribution >= 4 is 74.6 Å². The molecule has 0 aliphatic heterocycles. The summed E-state index contributed by atoms with van der Waals surface area (Å²) in [6.45, 7) is 9.76. The van der Waals surface area contributed by atoms with Gasteiger partial charge in [-0.2, -0.15) is 4.98 Å². The SMILES string of the molecule is C.C.C.CC(=O)Nc1nc2cc(F)cnc2c(=O)[nH]1.CC(=O)OC(C)=O.COc1cnc2c(NC(C)(C)C)nc(N)nc2c1.Nc1nc2cc(F)cnc2c(=O)[nH]1. The number of aromatic nitrogens is 9. The fourth-order valence-electron chi connectivity index (χ4n) is 4.03. The van der Waals surface area contributed by atoms with E-state index in [1.807, 2.05) is 20.8 Å². The highest BCUT2D eigenvalue weighted by Crippen LogP contribution is 2.24. The Balaban J connectivity index is 0.000000750. The maximum atomic E-state index is 12.9.